The van der Waals surface area contributed by atoms with Gasteiger partial charge in [-0.15, -0.1) is 0 Å². The molecule has 10 heteroatoms. The molecule has 1 aromatic rings. The zero-order chi connectivity index (χ0) is 33.7. The number of ketones is 1. The summed E-state index contributed by atoms with van der Waals surface area (Å²) in [7, 11) is 0. The van der Waals surface area contributed by atoms with Gasteiger partial charge >= 0.3 is 18.1 Å². The Morgan fingerprint density at radius 1 is 1.02 bits per heavy atom. The van der Waals surface area contributed by atoms with Crippen molar-refractivity contribution in [3.8, 4) is 0 Å². The molecule has 0 amide bonds. The summed E-state index contributed by atoms with van der Waals surface area (Å²) in [5.41, 5.74) is -2.95. The largest absolute Gasteiger partial charge is 0.460 e. The minimum absolute atomic E-state index is 0.103. The number of Topliss-reactive ketones (excluding diaryl/α,β-unsaturated/α-hetero) is 1. The Hall–Kier alpha value is -2.46. The number of piperidine rings is 1. The Labute approximate surface area is 261 Å². The molecular formula is C34H52F3NO6. The highest BCUT2D eigenvalue weighted by Crippen LogP contribution is 2.45. The SMILES string of the molecule is CCC1(C)CC(=O)C(C)C(C)(CC)N1OCC(C)(CC(CC(C)c1ccccc1)C(=O)OC(C)(C)C)C(=O)OCC(F)(F)F. The van der Waals surface area contributed by atoms with Gasteiger partial charge in [-0.05, 0) is 78.7 Å². The van der Waals surface area contributed by atoms with E-state index in [0.717, 1.165) is 5.56 Å². The Kier molecular flexibility index (Phi) is 12.3. The number of carbonyl (C=O) groups excluding carboxylic acids is 3. The van der Waals surface area contributed by atoms with Gasteiger partial charge in [-0.25, -0.2) is 0 Å². The van der Waals surface area contributed by atoms with E-state index in [2.05, 4.69) is 0 Å². The van der Waals surface area contributed by atoms with Crippen LogP contribution >= 0.6 is 0 Å². The molecule has 1 heterocycles. The van der Waals surface area contributed by atoms with Gasteiger partial charge in [0.25, 0.3) is 0 Å². The van der Waals surface area contributed by atoms with Gasteiger partial charge in [-0.1, -0.05) is 58.0 Å². The van der Waals surface area contributed by atoms with Crippen LogP contribution in [0.15, 0.2) is 30.3 Å². The molecule has 6 unspecified atom stereocenters. The highest BCUT2D eigenvalue weighted by atomic mass is 19.4. The fraction of sp³-hybridized carbons (Fsp3) is 0.735. The number of esters is 2. The van der Waals surface area contributed by atoms with Gasteiger partial charge in [0.15, 0.2) is 6.61 Å². The number of nitrogens with zero attached hydrogens (tertiary/aromatic N) is 1. The van der Waals surface area contributed by atoms with Crippen LogP contribution in [0.2, 0.25) is 0 Å². The molecule has 0 bridgehead atoms. The Morgan fingerprint density at radius 3 is 2.11 bits per heavy atom. The lowest BCUT2D eigenvalue weighted by atomic mass is 9.70. The van der Waals surface area contributed by atoms with Crippen LogP contribution in [-0.2, 0) is 28.7 Å². The molecule has 250 valence electrons. The average Bonchev–Trinajstić information content (AvgIpc) is 2.93. The van der Waals surface area contributed by atoms with E-state index in [4.69, 9.17) is 14.3 Å². The molecule has 1 aliphatic heterocycles. The van der Waals surface area contributed by atoms with Crippen molar-refractivity contribution in [1.29, 1.82) is 0 Å². The lowest BCUT2D eigenvalue weighted by Gasteiger charge is -2.56. The molecule has 0 radical (unpaired) electrons. The summed E-state index contributed by atoms with van der Waals surface area (Å²) in [6.07, 6.45) is -3.26. The van der Waals surface area contributed by atoms with Crippen molar-refractivity contribution in [2.45, 2.75) is 130 Å². The van der Waals surface area contributed by atoms with Crippen LogP contribution in [0, 0.1) is 17.3 Å². The van der Waals surface area contributed by atoms with E-state index in [1.807, 2.05) is 71.9 Å². The summed E-state index contributed by atoms with van der Waals surface area (Å²) in [5, 5.41) is 1.77. The van der Waals surface area contributed by atoms with Gasteiger partial charge in [0.1, 0.15) is 11.4 Å². The number of rotatable bonds is 13. The molecule has 0 aliphatic carbocycles. The molecule has 1 fully saturated rings. The van der Waals surface area contributed by atoms with Crippen molar-refractivity contribution in [3.05, 3.63) is 35.9 Å². The molecule has 1 aromatic carbocycles. The quantitative estimate of drug-likeness (QED) is 0.206. The molecule has 1 aliphatic rings. The summed E-state index contributed by atoms with van der Waals surface area (Å²) < 4.78 is 50.1. The third kappa shape index (κ3) is 9.52. The number of hydrogen-bond donors (Lipinski definition) is 0. The van der Waals surface area contributed by atoms with Crippen LogP contribution in [0.3, 0.4) is 0 Å². The normalized spacial score (nSPS) is 26.0. The van der Waals surface area contributed by atoms with Crippen LogP contribution in [0.1, 0.15) is 113 Å². The number of carbonyl (C=O) groups is 3. The topological polar surface area (TPSA) is 82.1 Å². The predicted octanol–water partition coefficient (Wildman–Crippen LogP) is 7.82. The molecule has 0 spiro atoms. The van der Waals surface area contributed by atoms with Crippen molar-refractivity contribution in [2.24, 2.45) is 17.3 Å². The lowest BCUT2D eigenvalue weighted by Crippen LogP contribution is -2.67. The second-order valence-corrected chi connectivity index (χ2v) is 14.2. The molecule has 0 aromatic heterocycles. The van der Waals surface area contributed by atoms with E-state index in [9.17, 15) is 27.6 Å². The molecular weight excluding hydrogens is 575 g/mol. The van der Waals surface area contributed by atoms with Crippen LogP contribution in [0.4, 0.5) is 13.2 Å². The van der Waals surface area contributed by atoms with Gasteiger partial charge in [-0.2, -0.15) is 18.2 Å². The van der Waals surface area contributed by atoms with Crippen molar-refractivity contribution >= 4 is 17.7 Å². The number of hydrogen-bond acceptors (Lipinski definition) is 7. The van der Waals surface area contributed by atoms with E-state index < -0.39 is 52.7 Å². The van der Waals surface area contributed by atoms with Gasteiger partial charge in [0.2, 0.25) is 0 Å². The Balaban J connectivity index is 2.52. The first-order chi connectivity index (χ1) is 20.1. The van der Waals surface area contributed by atoms with Gasteiger partial charge < -0.3 is 9.47 Å². The molecule has 44 heavy (non-hydrogen) atoms. The van der Waals surface area contributed by atoms with Gasteiger partial charge in [0.05, 0.1) is 29.0 Å². The first-order valence-corrected chi connectivity index (χ1v) is 15.6. The average molecular weight is 628 g/mol. The van der Waals surface area contributed by atoms with Crippen LogP contribution in [0.5, 0.6) is 0 Å². The molecule has 2 rings (SSSR count). The molecule has 1 saturated heterocycles. The standard InChI is InChI=1S/C34H52F3NO6/c1-11-32(9)20-27(39)24(4)33(10,12-2)38(32)43-21-31(8,29(41)42-22-34(35,36)37)19-26(28(40)44-30(5,6)7)18-23(3)25-16-14-13-15-17-25/h13-17,23-24,26H,11-12,18-22H2,1-10H3. The van der Waals surface area contributed by atoms with E-state index >= 15 is 0 Å². The zero-order valence-electron chi connectivity index (χ0n) is 28.1. The summed E-state index contributed by atoms with van der Waals surface area (Å²) in [4.78, 5) is 46.6. The Morgan fingerprint density at radius 2 is 1.61 bits per heavy atom. The number of benzene rings is 1. The first-order valence-electron chi connectivity index (χ1n) is 15.6. The maximum atomic E-state index is 13.6. The number of alkyl halides is 3. The number of ether oxygens (including phenoxy) is 2. The smallest absolute Gasteiger partial charge is 0.422 e. The van der Waals surface area contributed by atoms with E-state index in [1.165, 1.54) is 6.92 Å². The molecule has 0 N–H and O–H groups in total. The highest BCUT2D eigenvalue weighted by molar-refractivity contribution is 5.84. The van der Waals surface area contributed by atoms with Gasteiger partial charge in [0, 0.05) is 12.3 Å². The van der Waals surface area contributed by atoms with Crippen molar-refractivity contribution in [1.82, 2.24) is 5.06 Å². The second kappa shape index (κ2) is 14.3. The summed E-state index contributed by atoms with van der Waals surface area (Å²) in [6.45, 7) is 16.1. The maximum Gasteiger partial charge on any atom is 0.422 e. The van der Waals surface area contributed by atoms with E-state index in [1.54, 1.807) is 25.8 Å². The van der Waals surface area contributed by atoms with Crippen LogP contribution < -0.4 is 0 Å². The summed E-state index contributed by atoms with van der Waals surface area (Å²) in [6, 6.07) is 9.54. The fourth-order valence-corrected chi connectivity index (χ4v) is 6.03. The molecule has 6 atom stereocenters. The number of halogens is 3. The predicted molar refractivity (Wildman–Crippen MR) is 163 cm³/mol. The lowest BCUT2D eigenvalue weighted by molar-refractivity contribution is -0.305. The second-order valence-electron chi connectivity index (χ2n) is 14.2. The third-order valence-corrected chi connectivity index (χ3v) is 9.22. The Bertz CT molecular complexity index is 1140. The maximum absolute atomic E-state index is 13.6. The first kappa shape index (κ1) is 37.7. The van der Waals surface area contributed by atoms with Crippen LogP contribution in [-0.4, -0.2) is 58.9 Å². The highest BCUT2D eigenvalue weighted by Gasteiger charge is 2.55. The minimum Gasteiger partial charge on any atom is -0.460 e. The van der Waals surface area contributed by atoms with E-state index in [0.29, 0.717) is 12.8 Å². The number of hydroxylamine groups is 2. The van der Waals surface area contributed by atoms with Crippen molar-refractivity contribution < 1.29 is 41.9 Å². The van der Waals surface area contributed by atoms with Gasteiger partial charge in [-0.3, -0.25) is 19.2 Å². The molecule has 0 saturated carbocycles. The summed E-state index contributed by atoms with van der Waals surface area (Å²) in [5.74, 6) is -2.92. The fourth-order valence-electron chi connectivity index (χ4n) is 6.03. The zero-order valence-corrected chi connectivity index (χ0v) is 28.1. The third-order valence-electron chi connectivity index (χ3n) is 9.22. The monoisotopic (exact) mass is 627 g/mol. The van der Waals surface area contributed by atoms with E-state index in [-0.39, 0.29) is 43.5 Å². The van der Waals surface area contributed by atoms with Crippen molar-refractivity contribution in [3.63, 3.8) is 0 Å². The van der Waals surface area contributed by atoms with Crippen LogP contribution in [0.25, 0.3) is 0 Å². The minimum atomic E-state index is -4.73. The molecule has 7 nitrogen and oxygen atoms in total. The van der Waals surface area contributed by atoms with Crippen molar-refractivity contribution in [2.75, 3.05) is 13.2 Å². The summed E-state index contributed by atoms with van der Waals surface area (Å²) >= 11 is 0.